The Kier molecular flexibility index (Phi) is 3.56. The van der Waals surface area contributed by atoms with Gasteiger partial charge in [0.15, 0.2) is 10.8 Å². The van der Waals surface area contributed by atoms with Crippen LogP contribution in [0.2, 0.25) is 0 Å². The Hall–Kier alpha value is -2.17. The first kappa shape index (κ1) is 10.9. The van der Waals surface area contributed by atoms with Crippen LogP contribution in [-0.4, -0.2) is 22.9 Å². The van der Waals surface area contributed by atoms with Crippen molar-refractivity contribution in [3.63, 3.8) is 0 Å². The molecule has 1 aromatic carbocycles. The number of nitro groups is 1. The van der Waals surface area contributed by atoms with Crippen molar-refractivity contribution in [3.05, 3.63) is 58.3 Å². The molecule has 0 heterocycles. The highest BCUT2D eigenvalue weighted by Crippen LogP contribution is 2.01. The second kappa shape index (κ2) is 4.90. The summed E-state index contributed by atoms with van der Waals surface area (Å²) in [5, 5.41) is 10.3. The topological polar surface area (TPSA) is 63.5 Å². The standard InChI is InChI=1S/C10H10N2O3/c1-11(12(14)15)8-7-10(13)9-5-3-2-4-6-9/h2-8H,1H3/b8-7+. The third-order valence-electron chi connectivity index (χ3n) is 1.76. The van der Waals surface area contributed by atoms with Crippen molar-refractivity contribution in [1.29, 1.82) is 0 Å². The SMILES string of the molecule is CN(/C=C/C(=O)c1ccccc1)[N+](=O)[O-]. The van der Waals surface area contributed by atoms with Gasteiger partial charge in [-0.25, -0.2) is 10.1 Å². The molecule has 5 nitrogen and oxygen atoms in total. The third-order valence-corrected chi connectivity index (χ3v) is 1.76. The van der Waals surface area contributed by atoms with E-state index in [0.29, 0.717) is 5.56 Å². The maximum Gasteiger partial charge on any atom is 0.187 e. The summed E-state index contributed by atoms with van der Waals surface area (Å²) in [5.74, 6) is -0.260. The monoisotopic (exact) mass is 206 g/mol. The Morgan fingerprint density at radius 3 is 2.53 bits per heavy atom. The largest absolute Gasteiger partial charge is 0.289 e. The molecule has 1 rings (SSSR count). The van der Waals surface area contributed by atoms with Gasteiger partial charge in [0, 0.05) is 11.6 Å². The van der Waals surface area contributed by atoms with Crippen molar-refractivity contribution < 1.29 is 9.83 Å². The van der Waals surface area contributed by atoms with Gasteiger partial charge in [-0.15, -0.1) is 5.01 Å². The number of benzene rings is 1. The Morgan fingerprint density at radius 2 is 2.00 bits per heavy atom. The molecule has 0 N–H and O–H groups in total. The van der Waals surface area contributed by atoms with Gasteiger partial charge in [-0.1, -0.05) is 30.3 Å². The van der Waals surface area contributed by atoms with Gasteiger partial charge >= 0.3 is 0 Å². The van der Waals surface area contributed by atoms with E-state index in [1.165, 1.54) is 7.05 Å². The van der Waals surface area contributed by atoms with Crippen LogP contribution in [0.5, 0.6) is 0 Å². The minimum absolute atomic E-state index is 0.260. The van der Waals surface area contributed by atoms with Crippen molar-refractivity contribution in [3.8, 4) is 0 Å². The van der Waals surface area contributed by atoms with Gasteiger partial charge in [0.1, 0.15) is 0 Å². The molecule has 0 aliphatic heterocycles. The lowest BCUT2D eigenvalue weighted by Gasteiger charge is -2.00. The van der Waals surface area contributed by atoms with Crippen molar-refractivity contribution >= 4 is 5.78 Å². The first-order valence-electron chi connectivity index (χ1n) is 4.26. The zero-order valence-corrected chi connectivity index (χ0v) is 8.16. The molecule has 5 heteroatoms. The van der Waals surface area contributed by atoms with E-state index >= 15 is 0 Å². The maximum atomic E-state index is 11.4. The summed E-state index contributed by atoms with van der Waals surface area (Å²) in [5.41, 5.74) is 0.505. The van der Waals surface area contributed by atoms with Crippen molar-refractivity contribution in [2.75, 3.05) is 7.05 Å². The Morgan fingerprint density at radius 1 is 1.40 bits per heavy atom. The normalized spacial score (nSPS) is 10.2. The minimum atomic E-state index is -0.616. The van der Waals surface area contributed by atoms with E-state index in [9.17, 15) is 14.9 Å². The summed E-state index contributed by atoms with van der Waals surface area (Å²) in [4.78, 5) is 21.7. The molecule has 0 saturated carbocycles. The Bertz CT molecular complexity index is 387. The molecule has 0 aliphatic carbocycles. The van der Waals surface area contributed by atoms with Crippen molar-refractivity contribution in [2.24, 2.45) is 0 Å². The summed E-state index contributed by atoms with van der Waals surface area (Å²) < 4.78 is 0. The van der Waals surface area contributed by atoms with Crippen LogP contribution in [0.15, 0.2) is 42.6 Å². The molecule has 0 radical (unpaired) electrons. The quantitative estimate of drug-likeness (QED) is 0.324. The zero-order chi connectivity index (χ0) is 11.3. The van der Waals surface area contributed by atoms with Crippen LogP contribution in [0, 0.1) is 10.1 Å². The number of carbonyl (C=O) groups is 1. The summed E-state index contributed by atoms with van der Waals surface area (Å²) in [6.45, 7) is 0. The van der Waals surface area contributed by atoms with Crippen LogP contribution in [0.4, 0.5) is 0 Å². The summed E-state index contributed by atoms with van der Waals surface area (Å²) in [7, 11) is 1.26. The molecular weight excluding hydrogens is 196 g/mol. The van der Waals surface area contributed by atoms with E-state index in [1.807, 2.05) is 0 Å². The number of allylic oxidation sites excluding steroid dienone is 1. The first-order chi connectivity index (χ1) is 7.11. The highest BCUT2D eigenvalue weighted by atomic mass is 16.7. The fraction of sp³-hybridized carbons (Fsp3) is 0.100. The lowest BCUT2D eigenvalue weighted by molar-refractivity contribution is -0.633. The van der Waals surface area contributed by atoms with E-state index < -0.39 is 5.03 Å². The van der Waals surface area contributed by atoms with Gasteiger partial charge in [0.05, 0.1) is 13.2 Å². The predicted octanol–water partition coefficient (Wildman–Crippen LogP) is 1.51. The van der Waals surface area contributed by atoms with E-state index in [-0.39, 0.29) is 5.78 Å². The van der Waals surface area contributed by atoms with Gasteiger partial charge in [-0.05, 0) is 0 Å². The van der Waals surface area contributed by atoms with Crippen LogP contribution in [0.1, 0.15) is 10.4 Å². The summed E-state index contributed by atoms with van der Waals surface area (Å²) >= 11 is 0. The lowest BCUT2D eigenvalue weighted by Crippen LogP contribution is -2.18. The van der Waals surface area contributed by atoms with Crippen molar-refractivity contribution in [1.82, 2.24) is 5.01 Å². The van der Waals surface area contributed by atoms with Crippen LogP contribution in [-0.2, 0) is 0 Å². The summed E-state index contributed by atoms with van der Waals surface area (Å²) in [6, 6.07) is 8.57. The fourth-order valence-electron chi connectivity index (χ4n) is 0.929. The number of hydrogen-bond acceptors (Lipinski definition) is 3. The van der Waals surface area contributed by atoms with Crippen LogP contribution < -0.4 is 0 Å². The minimum Gasteiger partial charge on any atom is -0.289 e. The van der Waals surface area contributed by atoms with Crippen molar-refractivity contribution in [2.45, 2.75) is 0 Å². The fourth-order valence-corrected chi connectivity index (χ4v) is 0.929. The van der Waals surface area contributed by atoms with Gasteiger partial charge in [-0.2, -0.15) is 0 Å². The molecule has 0 aliphatic rings. The van der Waals surface area contributed by atoms with Gasteiger partial charge in [0.25, 0.3) is 0 Å². The number of rotatable bonds is 4. The van der Waals surface area contributed by atoms with E-state index in [4.69, 9.17) is 0 Å². The average Bonchev–Trinajstić information content (AvgIpc) is 2.26. The predicted molar refractivity (Wildman–Crippen MR) is 54.7 cm³/mol. The Labute approximate surface area is 86.7 Å². The molecule has 0 atom stereocenters. The number of carbonyl (C=O) groups excluding carboxylic acids is 1. The van der Waals surface area contributed by atoms with Gasteiger partial charge in [-0.3, -0.25) is 4.79 Å². The molecule has 15 heavy (non-hydrogen) atoms. The molecule has 0 amide bonds. The first-order valence-corrected chi connectivity index (χ1v) is 4.26. The number of ketones is 1. The molecule has 1 aromatic rings. The molecule has 78 valence electrons. The highest BCUT2D eigenvalue weighted by molar-refractivity contribution is 6.04. The molecule has 0 spiro atoms. The maximum absolute atomic E-state index is 11.4. The van der Waals surface area contributed by atoms with Crippen LogP contribution in [0.3, 0.4) is 0 Å². The lowest BCUT2D eigenvalue weighted by atomic mass is 10.1. The molecule has 0 fully saturated rings. The number of nitrogens with zero attached hydrogens (tertiary/aromatic N) is 2. The summed E-state index contributed by atoms with van der Waals surface area (Å²) in [6.07, 6.45) is 2.29. The number of hydrazine groups is 1. The number of hydrogen-bond donors (Lipinski definition) is 0. The molecule has 0 bridgehead atoms. The Balaban J connectivity index is 2.68. The van der Waals surface area contributed by atoms with Gasteiger partial charge in [0.2, 0.25) is 0 Å². The zero-order valence-electron chi connectivity index (χ0n) is 8.16. The highest BCUT2D eigenvalue weighted by Gasteiger charge is 2.04. The molecular formula is C10H10N2O3. The second-order valence-electron chi connectivity index (χ2n) is 2.86. The van der Waals surface area contributed by atoms with Crippen LogP contribution >= 0.6 is 0 Å². The van der Waals surface area contributed by atoms with E-state index in [1.54, 1.807) is 30.3 Å². The third kappa shape index (κ3) is 3.22. The second-order valence-corrected chi connectivity index (χ2v) is 2.86. The molecule has 0 saturated heterocycles. The smallest absolute Gasteiger partial charge is 0.187 e. The van der Waals surface area contributed by atoms with Crippen LogP contribution in [0.25, 0.3) is 0 Å². The average molecular weight is 206 g/mol. The molecule has 0 aromatic heterocycles. The van der Waals surface area contributed by atoms with E-state index in [2.05, 4.69) is 0 Å². The van der Waals surface area contributed by atoms with E-state index in [0.717, 1.165) is 17.3 Å². The van der Waals surface area contributed by atoms with Gasteiger partial charge < -0.3 is 0 Å². The molecule has 0 unspecified atom stereocenters.